The van der Waals surface area contributed by atoms with Crippen LogP contribution in [0.1, 0.15) is 19.4 Å². The minimum absolute atomic E-state index is 0.0103. The van der Waals surface area contributed by atoms with Crippen molar-refractivity contribution in [2.75, 3.05) is 13.3 Å². The van der Waals surface area contributed by atoms with Crippen molar-refractivity contribution in [1.82, 2.24) is 10.0 Å². The third-order valence-electron chi connectivity index (χ3n) is 1.73. The molecule has 0 aliphatic carbocycles. The van der Waals surface area contributed by atoms with Crippen LogP contribution in [0, 0.1) is 0 Å². The van der Waals surface area contributed by atoms with E-state index in [0.717, 1.165) is 17.8 Å². The van der Waals surface area contributed by atoms with Gasteiger partial charge in [0.1, 0.15) is 6.61 Å². The molecule has 5 nitrogen and oxygen atoms in total. The van der Waals surface area contributed by atoms with Gasteiger partial charge in [-0.25, -0.2) is 4.72 Å². The summed E-state index contributed by atoms with van der Waals surface area (Å²) in [5, 5.41) is 2.43. The zero-order valence-electron chi connectivity index (χ0n) is 10.8. The molecule has 1 aromatic rings. The first-order valence-electron chi connectivity index (χ1n) is 5.85. The fourth-order valence-corrected chi connectivity index (χ4v) is 1.47. The van der Waals surface area contributed by atoms with Gasteiger partial charge in [-0.2, -0.15) is 0 Å². The standard InChI is InChI=1S/C10H15N3O2S.C2H6/c11-8-12-10(14)7-15-16-13-6-9-4-2-1-3-5-9;1-2/h1-5,13H,6-8,11H2,(H,12,14);1-2H3. The largest absolute Gasteiger partial charge is 0.342 e. The van der Waals surface area contributed by atoms with E-state index in [4.69, 9.17) is 9.92 Å². The molecule has 1 amide bonds. The Bertz CT molecular complexity index is 309. The Labute approximate surface area is 113 Å². The van der Waals surface area contributed by atoms with E-state index in [-0.39, 0.29) is 19.2 Å². The van der Waals surface area contributed by atoms with Crippen LogP contribution in [-0.2, 0) is 15.5 Å². The quantitative estimate of drug-likeness (QED) is 0.302. The first kappa shape index (κ1) is 16.9. The van der Waals surface area contributed by atoms with Crippen LogP contribution in [0.4, 0.5) is 0 Å². The SMILES string of the molecule is CC.NCNC(=O)COSNCc1ccccc1. The Morgan fingerprint density at radius 2 is 2.00 bits per heavy atom. The molecule has 18 heavy (non-hydrogen) atoms. The first-order valence-corrected chi connectivity index (χ1v) is 6.59. The molecule has 1 rings (SSSR count). The Morgan fingerprint density at radius 3 is 2.61 bits per heavy atom. The highest BCUT2D eigenvalue weighted by molar-refractivity contribution is 7.92. The molecule has 0 unspecified atom stereocenters. The van der Waals surface area contributed by atoms with E-state index >= 15 is 0 Å². The van der Waals surface area contributed by atoms with Crippen LogP contribution in [0.3, 0.4) is 0 Å². The van der Waals surface area contributed by atoms with Crippen LogP contribution in [0.2, 0.25) is 0 Å². The van der Waals surface area contributed by atoms with E-state index in [1.54, 1.807) is 0 Å². The molecule has 0 radical (unpaired) electrons. The predicted molar refractivity (Wildman–Crippen MR) is 75.4 cm³/mol. The summed E-state index contributed by atoms with van der Waals surface area (Å²) in [6.45, 7) is 4.80. The molecule has 0 saturated heterocycles. The van der Waals surface area contributed by atoms with Crippen LogP contribution in [0.25, 0.3) is 0 Å². The lowest BCUT2D eigenvalue weighted by Crippen LogP contribution is -2.32. The van der Waals surface area contributed by atoms with Gasteiger partial charge in [-0.3, -0.25) is 8.98 Å². The topological polar surface area (TPSA) is 76.4 Å². The Balaban J connectivity index is 0.00000137. The lowest BCUT2D eigenvalue weighted by molar-refractivity contribution is -0.122. The number of carbonyl (C=O) groups excluding carboxylic acids is 1. The summed E-state index contributed by atoms with van der Waals surface area (Å²) in [6.07, 6.45) is 0. The smallest absolute Gasteiger partial charge is 0.248 e. The van der Waals surface area contributed by atoms with Crippen molar-refractivity contribution in [3.05, 3.63) is 35.9 Å². The second kappa shape index (κ2) is 12.4. The zero-order valence-corrected chi connectivity index (χ0v) is 11.6. The van der Waals surface area contributed by atoms with E-state index < -0.39 is 0 Å². The molecule has 0 aliphatic heterocycles. The van der Waals surface area contributed by atoms with Crippen molar-refractivity contribution in [2.24, 2.45) is 5.73 Å². The van der Waals surface area contributed by atoms with Gasteiger partial charge in [-0.05, 0) is 5.56 Å². The lowest BCUT2D eigenvalue weighted by Gasteiger charge is -2.04. The average Bonchev–Trinajstić information content (AvgIpc) is 2.42. The maximum atomic E-state index is 10.9. The number of benzene rings is 1. The first-order chi connectivity index (χ1) is 8.83. The summed E-state index contributed by atoms with van der Waals surface area (Å²) in [5.41, 5.74) is 6.28. The minimum atomic E-state index is -0.225. The number of nitrogens with two attached hydrogens (primary N) is 1. The molecule has 0 aliphatic rings. The van der Waals surface area contributed by atoms with Gasteiger partial charge >= 0.3 is 0 Å². The molecule has 102 valence electrons. The van der Waals surface area contributed by atoms with Gasteiger partial charge in [0.2, 0.25) is 5.91 Å². The molecule has 6 heteroatoms. The third-order valence-corrected chi connectivity index (χ3v) is 2.22. The molecule has 0 fully saturated rings. The average molecular weight is 271 g/mol. The fraction of sp³-hybridized carbons (Fsp3) is 0.417. The molecule has 4 N–H and O–H groups in total. The normalized spacial score (nSPS) is 9.28. The Hall–Kier alpha value is -1.08. The van der Waals surface area contributed by atoms with Gasteiger partial charge in [0.05, 0.1) is 18.9 Å². The highest BCUT2D eigenvalue weighted by Gasteiger charge is 1.99. The van der Waals surface area contributed by atoms with E-state index in [1.165, 1.54) is 0 Å². The van der Waals surface area contributed by atoms with Crippen molar-refractivity contribution >= 4 is 18.1 Å². The van der Waals surface area contributed by atoms with Crippen LogP contribution in [0.5, 0.6) is 0 Å². The molecule has 0 atom stereocenters. The van der Waals surface area contributed by atoms with Gasteiger partial charge in [-0.15, -0.1) is 0 Å². The zero-order chi connectivity index (χ0) is 13.6. The maximum Gasteiger partial charge on any atom is 0.248 e. The molecule has 0 heterocycles. The Kier molecular flexibility index (Phi) is 11.6. The number of hydrogen-bond donors (Lipinski definition) is 3. The van der Waals surface area contributed by atoms with E-state index in [1.807, 2.05) is 44.2 Å². The summed E-state index contributed by atoms with van der Waals surface area (Å²) in [4.78, 5) is 10.9. The maximum absolute atomic E-state index is 10.9. The van der Waals surface area contributed by atoms with Gasteiger partial charge in [-0.1, -0.05) is 44.2 Å². The molecule has 0 aromatic heterocycles. The van der Waals surface area contributed by atoms with Gasteiger partial charge in [0.15, 0.2) is 0 Å². The van der Waals surface area contributed by atoms with Gasteiger partial charge in [0.25, 0.3) is 0 Å². The highest BCUT2D eigenvalue weighted by atomic mass is 32.2. The third kappa shape index (κ3) is 9.00. The summed E-state index contributed by atoms with van der Waals surface area (Å²) < 4.78 is 7.99. The van der Waals surface area contributed by atoms with Gasteiger partial charge in [0, 0.05) is 6.54 Å². The van der Waals surface area contributed by atoms with Crippen molar-refractivity contribution < 1.29 is 8.98 Å². The summed E-state index contributed by atoms with van der Waals surface area (Å²) in [7, 11) is 0. The van der Waals surface area contributed by atoms with E-state index in [2.05, 4.69) is 10.0 Å². The van der Waals surface area contributed by atoms with Crippen LogP contribution >= 0.6 is 12.2 Å². The molecular formula is C12H21N3O2S. The monoisotopic (exact) mass is 271 g/mol. The molecular weight excluding hydrogens is 250 g/mol. The number of carbonyl (C=O) groups is 1. The second-order valence-electron chi connectivity index (χ2n) is 2.96. The van der Waals surface area contributed by atoms with Crippen molar-refractivity contribution in [1.29, 1.82) is 0 Å². The van der Waals surface area contributed by atoms with Gasteiger partial charge < -0.3 is 11.1 Å². The van der Waals surface area contributed by atoms with Crippen LogP contribution in [0.15, 0.2) is 30.3 Å². The number of nitrogens with one attached hydrogen (secondary N) is 2. The lowest BCUT2D eigenvalue weighted by atomic mass is 10.2. The number of hydrogen-bond acceptors (Lipinski definition) is 5. The van der Waals surface area contributed by atoms with E-state index in [9.17, 15) is 4.79 Å². The predicted octanol–water partition coefficient (Wildman–Crippen LogP) is 1.41. The van der Waals surface area contributed by atoms with E-state index in [0.29, 0.717) is 6.54 Å². The van der Waals surface area contributed by atoms with Crippen molar-refractivity contribution in [3.63, 3.8) is 0 Å². The Morgan fingerprint density at radius 1 is 1.33 bits per heavy atom. The summed E-state index contributed by atoms with van der Waals surface area (Å²) in [6, 6.07) is 9.92. The molecule has 0 bridgehead atoms. The molecule has 1 aromatic carbocycles. The molecule has 0 saturated carbocycles. The van der Waals surface area contributed by atoms with Crippen LogP contribution < -0.4 is 15.8 Å². The fourth-order valence-electron chi connectivity index (χ4n) is 0.998. The molecule has 0 spiro atoms. The van der Waals surface area contributed by atoms with Crippen molar-refractivity contribution in [3.8, 4) is 0 Å². The number of rotatable bonds is 7. The van der Waals surface area contributed by atoms with Crippen molar-refractivity contribution in [2.45, 2.75) is 20.4 Å². The minimum Gasteiger partial charge on any atom is -0.342 e. The summed E-state index contributed by atoms with van der Waals surface area (Å²) in [5.74, 6) is -0.225. The van der Waals surface area contributed by atoms with Crippen LogP contribution in [-0.4, -0.2) is 19.2 Å². The summed E-state index contributed by atoms with van der Waals surface area (Å²) >= 11 is 1.05. The second-order valence-corrected chi connectivity index (χ2v) is 3.65. The number of amides is 1. The highest BCUT2D eigenvalue weighted by Crippen LogP contribution is 2.02.